The predicted octanol–water partition coefficient (Wildman–Crippen LogP) is 0.962. The fourth-order valence-corrected chi connectivity index (χ4v) is 3.25. The fourth-order valence-electron chi connectivity index (χ4n) is 1.60. The molecule has 1 N–H and O–H groups in total. The molecule has 7 heteroatoms. The van der Waals surface area contributed by atoms with Gasteiger partial charge in [0.2, 0.25) is 10.0 Å². The van der Waals surface area contributed by atoms with Gasteiger partial charge in [0.1, 0.15) is 6.54 Å². The number of likely N-dealkylation sites (N-methyl/N-ethyl adjacent to an activating group) is 1. The molecule has 1 rings (SSSR count). The Morgan fingerprint density at radius 2 is 2.11 bits per heavy atom. The lowest BCUT2D eigenvalue weighted by molar-refractivity contribution is -0.137. The number of carbonyl (C=O) groups is 1. The second kappa shape index (κ2) is 5.82. The molecule has 0 saturated carbocycles. The monoisotopic (exact) mass is 282 g/mol. The molecule has 0 amide bonds. The van der Waals surface area contributed by atoms with Gasteiger partial charge in [0.05, 0.1) is 16.5 Å². The van der Waals surface area contributed by atoms with E-state index in [1.165, 1.54) is 18.2 Å². The molecule has 0 aliphatic rings. The largest absolute Gasteiger partial charge is 0.480 e. The van der Waals surface area contributed by atoms with Crippen LogP contribution in [0.2, 0.25) is 0 Å². The van der Waals surface area contributed by atoms with Crippen molar-refractivity contribution in [2.45, 2.75) is 18.7 Å². The van der Waals surface area contributed by atoms with Gasteiger partial charge in [-0.25, -0.2) is 8.42 Å². The second-order valence-corrected chi connectivity index (χ2v) is 5.82. The van der Waals surface area contributed by atoms with Crippen molar-refractivity contribution in [2.24, 2.45) is 0 Å². The lowest BCUT2D eigenvalue weighted by Crippen LogP contribution is -2.35. The molecule has 1 aromatic rings. The number of benzene rings is 1. The van der Waals surface area contributed by atoms with E-state index in [1.807, 2.05) is 6.07 Å². The number of aryl methyl sites for hydroxylation is 1. The van der Waals surface area contributed by atoms with Crippen LogP contribution >= 0.6 is 0 Å². The molecule has 0 unspecified atom stereocenters. The summed E-state index contributed by atoms with van der Waals surface area (Å²) >= 11 is 0. The Hall–Kier alpha value is -1.91. The summed E-state index contributed by atoms with van der Waals surface area (Å²) in [6.45, 7) is 2.60. The van der Waals surface area contributed by atoms with Crippen LogP contribution in [0.15, 0.2) is 23.1 Å². The molecular weight excluding hydrogens is 268 g/mol. The van der Waals surface area contributed by atoms with Crippen LogP contribution in [-0.4, -0.2) is 36.9 Å². The van der Waals surface area contributed by atoms with Gasteiger partial charge in [-0.05, 0) is 24.6 Å². The van der Waals surface area contributed by atoms with Crippen LogP contribution in [0.25, 0.3) is 0 Å². The summed E-state index contributed by atoms with van der Waals surface area (Å²) in [7, 11) is -3.91. The first-order valence-corrected chi connectivity index (χ1v) is 6.99. The molecule has 0 heterocycles. The predicted molar refractivity (Wildman–Crippen MR) is 68.0 cm³/mol. The number of nitriles is 1. The molecule has 1 aromatic carbocycles. The number of aliphatic carboxylic acids is 1. The van der Waals surface area contributed by atoms with Crippen molar-refractivity contribution in [3.05, 3.63) is 29.3 Å². The smallest absolute Gasteiger partial charge is 0.318 e. The number of nitrogens with zero attached hydrogens (tertiary/aromatic N) is 2. The minimum Gasteiger partial charge on any atom is -0.480 e. The van der Waals surface area contributed by atoms with Gasteiger partial charge in [-0.15, -0.1) is 0 Å². The third-order valence-electron chi connectivity index (χ3n) is 2.60. The first kappa shape index (κ1) is 15.1. The van der Waals surface area contributed by atoms with Gasteiger partial charge in [-0.2, -0.15) is 9.57 Å². The topological polar surface area (TPSA) is 98.5 Å². The summed E-state index contributed by atoms with van der Waals surface area (Å²) in [5, 5.41) is 17.5. The van der Waals surface area contributed by atoms with Gasteiger partial charge in [0.25, 0.3) is 0 Å². The normalized spacial score (nSPS) is 11.3. The van der Waals surface area contributed by atoms with Crippen molar-refractivity contribution in [3.63, 3.8) is 0 Å². The number of carboxylic acids is 1. The van der Waals surface area contributed by atoms with Crippen LogP contribution in [0, 0.1) is 18.3 Å². The quantitative estimate of drug-likeness (QED) is 0.867. The highest BCUT2D eigenvalue weighted by molar-refractivity contribution is 7.89. The van der Waals surface area contributed by atoms with Gasteiger partial charge >= 0.3 is 5.97 Å². The van der Waals surface area contributed by atoms with Crippen LogP contribution in [0.1, 0.15) is 18.1 Å². The minimum absolute atomic E-state index is 0.0327. The molecule has 0 spiro atoms. The maximum atomic E-state index is 12.3. The van der Waals surface area contributed by atoms with E-state index in [9.17, 15) is 13.2 Å². The first-order valence-electron chi connectivity index (χ1n) is 5.55. The van der Waals surface area contributed by atoms with Gasteiger partial charge in [0, 0.05) is 6.54 Å². The highest BCUT2D eigenvalue weighted by Gasteiger charge is 2.26. The Labute approximate surface area is 111 Å². The van der Waals surface area contributed by atoms with E-state index in [-0.39, 0.29) is 17.0 Å². The zero-order chi connectivity index (χ0) is 14.6. The van der Waals surface area contributed by atoms with Crippen LogP contribution in [0.3, 0.4) is 0 Å². The van der Waals surface area contributed by atoms with Crippen molar-refractivity contribution in [1.29, 1.82) is 5.26 Å². The molecule has 0 atom stereocenters. The fraction of sp³-hybridized carbons (Fsp3) is 0.333. The Morgan fingerprint density at radius 3 is 2.58 bits per heavy atom. The molecule has 0 aromatic heterocycles. The van der Waals surface area contributed by atoms with Crippen LogP contribution < -0.4 is 0 Å². The van der Waals surface area contributed by atoms with E-state index in [0.717, 1.165) is 4.31 Å². The SMILES string of the molecule is CCN(CC(=O)O)S(=O)(=O)c1cc(C#N)ccc1C. The highest BCUT2D eigenvalue weighted by Crippen LogP contribution is 2.21. The number of sulfonamides is 1. The minimum atomic E-state index is -3.91. The molecule has 102 valence electrons. The van der Waals surface area contributed by atoms with Crippen molar-refractivity contribution in [2.75, 3.05) is 13.1 Å². The molecule has 0 saturated heterocycles. The Kier molecular flexibility index (Phi) is 4.64. The van der Waals surface area contributed by atoms with E-state index in [4.69, 9.17) is 10.4 Å². The number of hydrogen-bond donors (Lipinski definition) is 1. The Morgan fingerprint density at radius 1 is 1.47 bits per heavy atom. The molecule has 0 aliphatic carbocycles. The lowest BCUT2D eigenvalue weighted by atomic mass is 10.2. The molecular formula is C12H14N2O4S. The van der Waals surface area contributed by atoms with Crippen LogP contribution in [-0.2, 0) is 14.8 Å². The number of hydrogen-bond acceptors (Lipinski definition) is 4. The average Bonchev–Trinajstić information content (AvgIpc) is 2.35. The summed E-state index contributed by atoms with van der Waals surface area (Å²) < 4.78 is 25.5. The van der Waals surface area contributed by atoms with Gasteiger partial charge in [0.15, 0.2) is 0 Å². The molecule has 0 aliphatic heterocycles. The average molecular weight is 282 g/mol. The molecule has 0 fully saturated rings. The summed E-state index contributed by atoms with van der Waals surface area (Å²) in [5.41, 5.74) is 0.693. The second-order valence-electron chi connectivity index (χ2n) is 3.92. The number of carboxylic acid groups (broad SMARTS) is 1. The third-order valence-corrected chi connectivity index (χ3v) is 4.66. The highest BCUT2D eigenvalue weighted by atomic mass is 32.2. The maximum absolute atomic E-state index is 12.3. The zero-order valence-electron chi connectivity index (χ0n) is 10.6. The van der Waals surface area contributed by atoms with Gasteiger partial charge < -0.3 is 5.11 Å². The van der Waals surface area contributed by atoms with Crippen molar-refractivity contribution >= 4 is 16.0 Å². The van der Waals surface area contributed by atoms with Crippen LogP contribution in [0.4, 0.5) is 0 Å². The standard InChI is InChI=1S/C12H14N2O4S/c1-3-14(8-12(15)16)19(17,18)11-6-10(7-13)5-4-9(11)2/h4-6H,3,8H2,1-2H3,(H,15,16). The van der Waals surface area contributed by atoms with Crippen molar-refractivity contribution < 1.29 is 18.3 Å². The van der Waals surface area contributed by atoms with E-state index in [0.29, 0.717) is 5.56 Å². The third kappa shape index (κ3) is 3.30. The lowest BCUT2D eigenvalue weighted by Gasteiger charge is -2.19. The van der Waals surface area contributed by atoms with Crippen molar-refractivity contribution in [1.82, 2.24) is 4.31 Å². The van der Waals surface area contributed by atoms with Crippen LogP contribution in [0.5, 0.6) is 0 Å². The first-order chi connectivity index (χ1) is 8.82. The summed E-state index contributed by atoms with van der Waals surface area (Å²) in [5.74, 6) is -1.22. The Balaban J connectivity index is 3.33. The molecule has 19 heavy (non-hydrogen) atoms. The maximum Gasteiger partial charge on any atom is 0.318 e. The molecule has 0 radical (unpaired) electrons. The number of rotatable bonds is 5. The summed E-state index contributed by atoms with van der Waals surface area (Å²) in [6.07, 6.45) is 0. The van der Waals surface area contributed by atoms with Gasteiger partial charge in [-0.3, -0.25) is 4.79 Å². The molecule has 0 bridgehead atoms. The van der Waals surface area contributed by atoms with Crippen molar-refractivity contribution in [3.8, 4) is 6.07 Å². The van der Waals surface area contributed by atoms with E-state index >= 15 is 0 Å². The molecule has 6 nitrogen and oxygen atoms in total. The van der Waals surface area contributed by atoms with E-state index < -0.39 is 22.5 Å². The summed E-state index contributed by atoms with van der Waals surface area (Å²) in [4.78, 5) is 10.7. The van der Waals surface area contributed by atoms with E-state index in [2.05, 4.69) is 0 Å². The summed E-state index contributed by atoms with van der Waals surface area (Å²) in [6, 6.07) is 6.17. The zero-order valence-corrected chi connectivity index (χ0v) is 11.4. The Bertz CT molecular complexity index is 632. The van der Waals surface area contributed by atoms with Gasteiger partial charge in [-0.1, -0.05) is 13.0 Å². The van der Waals surface area contributed by atoms with E-state index in [1.54, 1.807) is 13.8 Å².